The van der Waals surface area contributed by atoms with Gasteiger partial charge in [-0.2, -0.15) is 0 Å². The van der Waals surface area contributed by atoms with Gasteiger partial charge in [-0.25, -0.2) is 4.79 Å². The van der Waals surface area contributed by atoms with Gasteiger partial charge in [0.1, 0.15) is 6.04 Å². The summed E-state index contributed by atoms with van der Waals surface area (Å²) in [7, 11) is 0. The summed E-state index contributed by atoms with van der Waals surface area (Å²) in [5, 5.41) is 14.8. The highest BCUT2D eigenvalue weighted by molar-refractivity contribution is 5.94. The van der Waals surface area contributed by atoms with Crippen molar-refractivity contribution in [1.82, 2.24) is 10.6 Å². The Morgan fingerprint density at radius 3 is 2.38 bits per heavy atom. The Labute approximate surface area is 154 Å². The maximum Gasteiger partial charge on any atom is 0.326 e. The van der Waals surface area contributed by atoms with Crippen LogP contribution in [0.5, 0.6) is 0 Å². The van der Waals surface area contributed by atoms with Crippen LogP contribution in [0.15, 0.2) is 30.3 Å². The molecule has 2 amide bonds. The third kappa shape index (κ3) is 6.50. The molecule has 0 saturated heterocycles. The van der Waals surface area contributed by atoms with Gasteiger partial charge in [-0.15, -0.1) is 0 Å². The van der Waals surface area contributed by atoms with Crippen molar-refractivity contribution in [2.75, 3.05) is 6.54 Å². The van der Waals surface area contributed by atoms with Gasteiger partial charge in [-0.05, 0) is 44.2 Å². The van der Waals surface area contributed by atoms with Crippen molar-refractivity contribution in [2.45, 2.75) is 57.4 Å². The van der Waals surface area contributed by atoms with E-state index in [1.165, 1.54) is 0 Å². The summed E-state index contributed by atoms with van der Waals surface area (Å²) < 4.78 is 0. The minimum atomic E-state index is -0.998. The average molecular weight is 360 g/mol. The second kappa shape index (κ2) is 10.6. The van der Waals surface area contributed by atoms with Crippen LogP contribution in [0.25, 0.3) is 0 Å². The number of nitrogens with one attached hydrogen (secondary N) is 2. The van der Waals surface area contributed by atoms with Crippen LogP contribution in [0.1, 0.15) is 61.7 Å². The van der Waals surface area contributed by atoms with Crippen molar-refractivity contribution in [1.29, 1.82) is 0 Å². The highest BCUT2D eigenvalue weighted by Crippen LogP contribution is 2.23. The van der Waals surface area contributed by atoms with Crippen molar-refractivity contribution in [2.24, 2.45) is 5.92 Å². The van der Waals surface area contributed by atoms with E-state index in [-0.39, 0.29) is 17.7 Å². The first-order valence-electron chi connectivity index (χ1n) is 9.44. The molecule has 26 heavy (non-hydrogen) atoms. The molecule has 0 bridgehead atoms. The normalized spacial score (nSPS) is 15.8. The molecule has 1 fully saturated rings. The summed E-state index contributed by atoms with van der Waals surface area (Å²) >= 11 is 0. The van der Waals surface area contributed by atoms with E-state index in [1.807, 2.05) is 6.07 Å². The van der Waals surface area contributed by atoms with Gasteiger partial charge in [0.15, 0.2) is 0 Å². The summed E-state index contributed by atoms with van der Waals surface area (Å²) in [4.78, 5) is 35.5. The molecule has 1 atom stereocenters. The SMILES string of the molecule is O=C(NCCCC[C@@H](NC(=O)C1CCCCC1)C(=O)O)c1ccccc1. The predicted octanol–water partition coefficient (Wildman–Crippen LogP) is 2.74. The van der Waals surface area contributed by atoms with Gasteiger partial charge >= 0.3 is 5.97 Å². The zero-order valence-electron chi connectivity index (χ0n) is 15.1. The van der Waals surface area contributed by atoms with E-state index in [1.54, 1.807) is 24.3 Å². The second-order valence-electron chi connectivity index (χ2n) is 6.85. The monoisotopic (exact) mass is 360 g/mol. The lowest BCUT2D eigenvalue weighted by Crippen LogP contribution is -2.44. The predicted molar refractivity (Wildman–Crippen MR) is 98.8 cm³/mol. The van der Waals surface area contributed by atoms with E-state index < -0.39 is 12.0 Å². The molecular formula is C20H28N2O4. The molecule has 0 unspecified atom stereocenters. The molecule has 1 aliphatic carbocycles. The molecule has 2 rings (SSSR count). The van der Waals surface area contributed by atoms with Crippen LogP contribution in [0.3, 0.4) is 0 Å². The number of carbonyl (C=O) groups excluding carboxylic acids is 2. The topological polar surface area (TPSA) is 95.5 Å². The van der Waals surface area contributed by atoms with Crippen molar-refractivity contribution in [3.05, 3.63) is 35.9 Å². The maximum absolute atomic E-state index is 12.2. The lowest BCUT2D eigenvalue weighted by molar-refractivity contribution is -0.142. The standard InChI is InChI=1S/C20H28N2O4/c23-18(15-9-3-1-4-10-15)21-14-8-7-13-17(20(25)26)22-19(24)16-11-5-2-6-12-16/h1,3-4,9-10,16-17H,2,5-8,11-14H2,(H,21,23)(H,22,24)(H,25,26)/t17-/m1/s1. The molecule has 0 heterocycles. The molecule has 142 valence electrons. The highest BCUT2D eigenvalue weighted by atomic mass is 16.4. The molecule has 1 aromatic carbocycles. The number of carboxylic acids is 1. The summed E-state index contributed by atoms with van der Waals surface area (Å²) in [5.74, 6) is -1.31. The van der Waals surface area contributed by atoms with Gasteiger partial charge in [0.2, 0.25) is 5.91 Å². The summed E-state index contributed by atoms with van der Waals surface area (Å²) in [6.45, 7) is 0.483. The highest BCUT2D eigenvalue weighted by Gasteiger charge is 2.26. The lowest BCUT2D eigenvalue weighted by Gasteiger charge is -2.23. The van der Waals surface area contributed by atoms with Gasteiger partial charge in [0.25, 0.3) is 5.91 Å². The lowest BCUT2D eigenvalue weighted by atomic mass is 9.88. The fourth-order valence-corrected chi connectivity index (χ4v) is 3.28. The number of unbranched alkanes of at least 4 members (excludes halogenated alkanes) is 1. The summed E-state index contributed by atoms with van der Waals surface area (Å²) in [6, 6.07) is 8.11. The molecule has 0 spiro atoms. The van der Waals surface area contributed by atoms with Crippen molar-refractivity contribution >= 4 is 17.8 Å². The van der Waals surface area contributed by atoms with Crippen LogP contribution in [-0.2, 0) is 9.59 Å². The molecule has 1 saturated carbocycles. The number of aliphatic carboxylic acids is 1. The van der Waals surface area contributed by atoms with Crippen LogP contribution in [0.4, 0.5) is 0 Å². The quantitative estimate of drug-likeness (QED) is 0.590. The first-order valence-corrected chi connectivity index (χ1v) is 9.44. The van der Waals surface area contributed by atoms with E-state index in [0.29, 0.717) is 31.4 Å². The Hall–Kier alpha value is -2.37. The largest absolute Gasteiger partial charge is 0.480 e. The molecule has 6 nitrogen and oxygen atoms in total. The van der Waals surface area contributed by atoms with E-state index >= 15 is 0 Å². The van der Waals surface area contributed by atoms with Crippen molar-refractivity contribution < 1.29 is 19.5 Å². The van der Waals surface area contributed by atoms with Crippen LogP contribution < -0.4 is 10.6 Å². The van der Waals surface area contributed by atoms with Gasteiger partial charge in [0, 0.05) is 18.0 Å². The van der Waals surface area contributed by atoms with Gasteiger partial charge < -0.3 is 15.7 Å². The molecule has 3 N–H and O–H groups in total. The van der Waals surface area contributed by atoms with Gasteiger partial charge in [0.05, 0.1) is 0 Å². The number of carbonyl (C=O) groups is 3. The van der Waals surface area contributed by atoms with Crippen LogP contribution in [0.2, 0.25) is 0 Å². The first-order chi connectivity index (χ1) is 12.6. The van der Waals surface area contributed by atoms with E-state index in [0.717, 1.165) is 32.1 Å². The minimum Gasteiger partial charge on any atom is -0.480 e. The second-order valence-corrected chi connectivity index (χ2v) is 6.85. The Kier molecular flexibility index (Phi) is 8.12. The van der Waals surface area contributed by atoms with Gasteiger partial charge in [-0.1, -0.05) is 37.5 Å². The van der Waals surface area contributed by atoms with Crippen molar-refractivity contribution in [3.8, 4) is 0 Å². The van der Waals surface area contributed by atoms with Gasteiger partial charge in [-0.3, -0.25) is 9.59 Å². The Balaban J connectivity index is 1.67. The average Bonchev–Trinajstić information content (AvgIpc) is 2.67. The zero-order valence-corrected chi connectivity index (χ0v) is 15.1. The third-order valence-electron chi connectivity index (χ3n) is 4.83. The van der Waals surface area contributed by atoms with Crippen molar-refractivity contribution in [3.63, 3.8) is 0 Å². The fourth-order valence-electron chi connectivity index (χ4n) is 3.28. The Bertz CT molecular complexity index is 597. The number of amides is 2. The van der Waals surface area contributed by atoms with E-state index in [2.05, 4.69) is 10.6 Å². The number of rotatable bonds is 9. The molecule has 1 aromatic rings. The van der Waals surface area contributed by atoms with Crippen LogP contribution in [-0.4, -0.2) is 35.5 Å². The molecular weight excluding hydrogens is 332 g/mol. The maximum atomic E-state index is 12.2. The number of hydrogen-bond donors (Lipinski definition) is 3. The summed E-state index contributed by atoms with van der Waals surface area (Å²) in [6.07, 6.45) is 6.59. The third-order valence-corrected chi connectivity index (χ3v) is 4.83. The smallest absolute Gasteiger partial charge is 0.326 e. The molecule has 6 heteroatoms. The molecule has 1 aliphatic rings. The molecule has 0 aliphatic heterocycles. The zero-order chi connectivity index (χ0) is 18.8. The van der Waals surface area contributed by atoms with E-state index in [4.69, 9.17) is 0 Å². The summed E-state index contributed by atoms with van der Waals surface area (Å²) in [5.41, 5.74) is 0.607. The Morgan fingerprint density at radius 1 is 1.04 bits per heavy atom. The number of hydrogen-bond acceptors (Lipinski definition) is 3. The first kappa shape index (κ1) is 19.9. The number of benzene rings is 1. The molecule has 0 aromatic heterocycles. The molecule has 0 radical (unpaired) electrons. The fraction of sp³-hybridized carbons (Fsp3) is 0.550. The Morgan fingerprint density at radius 2 is 1.73 bits per heavy atom. The van der Waals surface area contributed by atoms with Crippen LogP contribution in [0, 0.1) is 5.92 Å². The minimum absolute atomic E-state index is 0.0456. The van der Waals surface area contributed by atoms with Crippen LogP contribution >= 0.6 is 0 Å². The number of carboxylic acid groups (broad SMARTS) is 1. The van der Waals surface area contributed by atoms with E-state index in [9.17, 15) is 19.5 Å².